The molecular formula is C77H132O6. The van der Waals surface area contributed by atoms with Crippen LogP contribution >= 0.6 is 0 Å². The van der Waals surface area contributed by atoms with Crippen LogP contribution in [0.15, 0.2) is 109 Å². The minimum Gasteiger partial charge on any atom is -0.462 e. The molecule has 0 heterocycles. The van der Waals surface area contributed by atoms with Crippen LogP contribution in [0.2, 0.25) is 0 Å². The first-order chi connectivity index (χ1) is 41.0. The lowest BCUT2D eigenvalue weighted by Crippen LogP contribution is -2.30. The highest BCUT2D eigenvalue weighted by Gasteiger charge is 2.19. The molecule has 0 aromatic carbocycles. The fourth-order valence-corrected chi connectivity index (χ4v) is 9.99. The van der Waals surface area contributed by atoms with Crippen molar-refractivity contribution in [3.8, 4) is 0 Å². The lowest BCUT2D eigenvalue weighted by molar-refractivity contribution is -0.167. The van der Waals surface area contributed by atoms with Crippen LogP contribution in [0.4, 0.5) is 0 Å². The SMILES string of the molecule is CC/C=C\C/C=C\C/C=C\C/C=C\C/C=C\C/C=C\CCCCCCCCC(=O)OC(COC(=O)CCCCCCCCCCCCCCC)COC(=O)CCCCCCCCCCCCCC/C=C\C/C=C\C/C=C\CCCCCCC. The smallest absolute Gasteiger partial charge is 0.306 e. The molecule has 0 amide bonds. The van der Waals surface area contributed by atoms with Crippen LogP contribution in [0.1, 0.15) is 342 Å². The van der Waals surface area contributed by atoms with Gasteiger partial charge in [-0.15, -0.1) is 0 Å². The van der Waals surface area contributed by atoms with Gasteiger partial charge in [-0.3, -0.25) is 14.4 Å². The normalized spacial score (nSPS) is 12.8. The molecule has 0 aromatic rings. The van der Waals surface area contributed by atoms with Gasteiger partial charge in [-0.05, 0) is 109 Å². The molecule has 0 bridgehead atoms. The molecule has 0 aliphatic rings. The third-order valence-electron chi connectivity index (χ3n) is 15.3. The standard InChI is InChI=1S/C77H132O6/c1-4-7-10-13-16-19-22-25-27-29-31-33-35-37-38-40-41-43-45-47-49-52-55-58-61-64-67-70-76(79)82-73-74(72-81-75(78)69-66-63-60-57-54-51-24-21-18-15-12-9-6-3)83-77(80)71-68-65-62-59-56-53-50-48-46-44-42-39-36-34-32-30-28-26-23-20-17-14-11-8-5-2/h8,11,17,20,22,25-26,28-29,31-32,34-35,37,39,42,46,48,74H,4-7,9-10,12-16,18-19,21,23-24,27,30,33,36,38,40-41,43-45,47,49-73H2,1-3H3/b11-8-,20-17-,25-22-,28-26-,31-29-,34-32-,37-35-,42-39-,48-46-. The fourth-order valence-electron chi connectivity index (χ4n) is 9.99. The number of hydrogen-bond donors (Lipinski definition) is 0. The summed E-state index contributed by atoms with van der Waals surface area (Å²) in [5, 5.41) is 0. The molecule has 6 nitrogen and oxygen atoms in total. The van der Waals surface area contributed by atoms with Crippen molar-refractivity contribution in [2.75, 3.05) is 13.2 Å². The van der Waals surface area contributed by atoms with E-state index in [1.165, 1.54) is 180 Å². The molecular weight excluding hydrogens is 1020 g/mol. The highest BCUT2D eigenvalue weighted by molar-refractivity contribution is 5.71. The molecule has 0 N–H and O–H groups in total. The monoisotopic (exact) mass is 1150 g/mol. The first-order valence-electron chi connectivity index (χ1n) is 35.4. The molecule has 83 heavy (non-hydrogen) atoms. The Kier molecular flexibility index (Phi) is 67.2. The molecule has 1 unspecified atom stereocenters. The maximum Gasteiger partial charge on any atom is 0.306 e. The van der Waals surface area contributed by atoms with Crippen LogP contribution in [-0.4, -0.2) is 37.2 Å². The zero-order valence-electron chi connectivity index (χ0n) is 54.7. The maximum atomic E-state index is 13.0. The number of carbonyl (C=O) groups excluding carboxylic acids is 3. The zero-order chi connectivity index (χ0) is 59.9. The summed E-state index contributed by atoms with van der Waals surface area (Å²) < 4.78 is 17.0. The van der Waals surface area contributed by atoms with E-state index in [0.717, 1.165) is 122 Å². The third-order valence-corrected chi connectivity index (χ3v) is 15.3. The van der Waals surface area contributed by atoms with E-state index in [-0.39, 0.29) is 31.1 Å². The predicted molar refractivity (Wildman–Crippen MR) is 362 cm³/mol. The van der Waals surface area contributed by atoms with Crippen molar-refractivity contribution in [1.29, 1.82) is 0 Å². The van der Waals surface area contributed by atoms with Gasteiger partial charge < -0.3 is 14.2 Å². The predicted octanol–water partition coefficient (Wildman–Crippen LogP) is 24.6. The van der Waals surface area contributed by atoms with Gasteiger partial charge in [-0.2, -0.15) is 0 Å². The van der Waals surface area contributed by atoms with E-state index in [2.05, 4.69) is 130 Å². The summed E-state index contributed by atoms with van der Waals surface area (Å²) in [4.78, 5) is 38.4. The average molecular weight is 1150 g/mol. The number of rotatable bonds is 64. The van der Waals surface area contributed by atoms with E-state index in [0.29, 0.717) is 19.3 Å². The minimum absolute atomic E-state index is 0.0824. The van der Waals surface area contributed by atoms with E-state index in [1.807, 2.05) is 0 Å². The summed E-state index contributed by atoms with van der Waals surface area (Å²) in [6, 6.07) is 0. The molecule has 0 saturated heterocycles. The van der Waals surface area contributed by atoms with Gasteiger partial charge >= 0.3 is 17.9 Å². The van der Waals surface area contributed by atoms with E-state index >= 15 is 0 Å². The number of allylic oxidation sites excluding steroid dienone is 18. The Morgan fingerprint density at radius 3 is 0.735 bits per heavy atom. The molecule has 0 aromatic heterocycles. The number of hydrogen-bond acceptors (Lipinski definition) is 6. The molecule has 1 atom stereocenters. The molecule has 0 spiro atoms. The number of esters is 3. The van der Waals surface area contributed by atoms with Crippen LogP contribution in [0.3, 0.4) is 0 Å². The van der Waals surface area contributed by atoms with Crippen LogP contribution in [0.25, 0.3) is 0 Å². The van der Waals surface area contributed by atoms with E-state index in [9.17, 15) is 14.4 Å². The number of unbranched alkanes of at least 4 members (excludes halogenated alkanes) is 35. The van der Waals surface area contributed by atoms with Crippen molar-refractivity contribution in [2.24, 2.45) is 0 Å². The Morgan fingerprint density at radius 1 is 0.253 bits per heavy atom. The molecule has 6 heteroatoms. The summed E-state index contributed by atoms with van der Waals surface area (Å²) in [6.45, 7) is 6.54. The molecule has 0 aliphatic heterocycles. The van der Waals surface area contributed by atoms with Gasteiger partial charge in [0.15, 0.2) is 6.10 Å². The Labute approximate surface area is 514 Å². The van der Waals surface area contributed by atoms with Gasteiger partial charge in [0.05, 0.1) is 0 Å². The molecule has 0 fully saturated rings. The van der Waals surface area contributed by atoms with Crippen molar-refractivity contribution >= 4 is 17.9 Å². The van der Waals surface area contributed by atoms with Crippen molar-refractivity contribution in [2.45, 2.75) is 348 Å². The molecule has 0 aliphatic carbocycles. The van der Waals surface area contributed by atoms with Crippen LogP contribution in [-0.2, 0) is 28.6 Å². The van der Waals surface area contributed by atoms with Crippen molar-refractivity contribution in [1.82, 2.24) is 0 Å². The zero-order valence-corrected chi connectivity index (χ0v) is 54.7. The topological polar surface area (TPSA) is 78.9 Å². The fraction of sp³-hybridized carbons (Fsp3) is 0.727. The van der Waals surface area contributed by atoms with E-state index in [4.69, 9.17) is 14.2 Å². The van der Waals surface area contributed by atoms with Gasteiger partial charge in [0.1, 0.15) is 13.2 Å². The summed E-state index contributed by atoms with van der Waals surface area (Å²) in [6.07, 6.45) is 96.8. The summed E-state index contributed by atoms with van der Waals surface area (Å²) >= 11 is 0. The lowest BCUT2D eigenvalue weighted by Gasteiger charge is -2.18. The van der Waals surface area contributed by atoms with E-state index in [1.54, 1.807) is 0 Å². The van der Waals surface area contributed by atoms with Gasteiger partial charge in [0, 0.05) is 19.3 Å². The molecule has 0 saturated carbocycles. The van der Waals surface area contributed by atoms with Crippen LogP contribution in [0.5, 0.6) is 0 Å². The van der Waals surface area contributed by atoms with Gasteiger partial charge in [0.2, 0.25) is 0 Å². The summed E-state index contributed by atoms with van der Waals surface area (Å²) in [7, 11) is 0. The van der Waals surface area contributed by atoms with E-state index < -0.39 is 6.10 Å². The van der Waals surface area contributed by atoms with Crippen molar-refractivity contribution < 1.29 is 28.6 Å². The second-order valence-corrected chi connectivity index (χ2v) is 23.4. The molecule has 0 radical (unpaired) electrons. The van der Waals surface area contributed by atoms with Crippen molar-refractivity contribution in [3.05, 3.63) is 109 Å². The lowest BCUT2D eigenvalue weighted by atomic mass is 10.0. The minimum atomic E-state index is -0.789. The summed E-state index contributed by atoms with van der Waals surface area (Å²) in [5.41, 5.74) is 0. The van der Waals surface area contributed by atoms with Crippen LogP contribution < -0.4 is 0 Å². The number of ether oxygens (including phenoxy) is 3. The Hall–Kier alpha value is -3.93. The van der Waals surface area contributed by atoms with Gasteiger partial charge in [-0.25, -0.2) is 0 Å². The third kappa shape index (κ3) is 68.7. The van der Waals surface area contributed by atoms with Gasteiger partial charge in [-0.1, -0.05) is 323 Å². The molecule has 476 valence electrons. The highest BCUT2D eigenvalue weighted by Crippen LogP contribution is 2.17. The Balaban J connectivity index is 4.33. The Bertz CT molecular complexity index is 1660. The largest absolute Gasteiger partial charge is 0.462 e. The Morgan fingerprint density at radius 2 is 0.470 bits per heavy atom. The summed E-state index contributed by atoms with van der Waals surface area (Å²) in [5.74, 6) is -0.885. The second kappa shape index (κ2) is 70.6. The van der Waals surface area contributed by atoms with Gasteiger partial charge in [0.25, 0.3) is 0 Å². The number of carbonyl (C=O) groups is 3. The van der Waals surface area contributed by atoms with Crippen LogP contribution in [0, 0.1) is 0 Å². The first-order valence-corrected chi connectivity index (χ1v) is 35.4. The quantitative estimate of drug-likeness (QED) is 0.0261. The second-order valence-electron chi connectivity index (χ2n) is 23.4. The highest BCUT2D eigenvalue weighted by atomic mass is 16.6. The average Bonchev–Trinajstić information content (AvgIpc) is 3.49. The maximum absolute atomic E-state index is 13.0. The molecule has 0 rings (SSSR count). The first kappa shape index (κ1) is 79.1. The van der Waals surface area contributed by atoms with Crippen molar-refractivity contribution in [3.63, 3.8) is 0 Å².